The van der Waals surface area contributed by atoms with Gasteiger partial charge in [-0.25, -0.2) is 0 Å². The fourth-order valence-corrected chi connectivity index (χ4v) is 2.92. The van der Waals surface area contributed by atoms with E-state index in [4.69, 9.17) is 5.11 Å². The van der Waals surface area contributed by atoms with Crippen LogP contribution in [0.15, 0.2) is 24.3 Å². The molecule has 0 bridgehead atoms. The van der Waals surface area contributed by atoms with Crippen LogP contribution in [0.2, 0.25) is 0 Å². The quantitative estimate of drug-likeness (QED) is 0.895. The number of likely N-dealkylation sites (tertiary alicyclic amines) is 1. The summed E-state index contributed by atoms with van der Waals surface area (Å²) in [6, 6.07) is 8.46. The number of carboxylic acid groups (broad SMARTS) is 1. The second-order valence-electron chi connectivity index (χ2n) is 6.49. The molecule has 1 aromatic rings. The maximum atomic E-state index is 10.9. The number of piperidine rings is 1. The van der Waals surface area contributed by atoms with Gasteiger partial charge in [-0.2, -0.15) is 0 Å². The minimum absolute atomic E-state index is 0.165. The minimum atomic E-state index is -0.743. The van der Waals surface area contributed by atoms with Crippen molar-refractivity contribution in [1.29, 1.82) is 0 Å². The van der Waals surface area contributed by atoms with Crippen molar-refractivity contribution >= 4 is 5.97 Å². The van der Waals surface area contributed by atoms with Crippen molar-refractivity contribution < 1.29 is 9.90 Å². The summed E-state index contributed by atoms with van der Waals surface area (Å²) < 4.78 is 0. The van der Waals surface area contributed by atoms with Crippen LogP contribution in [-0.4, -0.2) is 29.1 Å². The lowest BCUT2D eigenvalue weighted by molar-refractivity contribution is -0.138. The number of aliphatic carboxylic acids is 1. The lowest BCUT2D eigenvalue weighted by Crippen LogP contribution is -2.29. The maximum Gasteiger partial charge on any atom is 0.304 e. The highest BCUT2D eigenvalue weighted by atomic mass is 16.4. The van der Waals surface area contributed by atoms with Crippen LogP contribution in [0.3, 0.4) is 0 Å². The Morgan fingerprint density at radius 2 is 1.75 bits per heavy atom. The third-order valence-electron chi connectivity index (χ3n) is 4.18. The molecule has 0 saturated carbocycles. The first-order valence-electron chi connectivity index (χ1n) is 7.51. The lowest BCUT2D eigenvalue weighted by Gasteiger charge is -2.27. The fourth-order valence-electron chi connectivity index (χ4n) is 2.92. The van der Waals surface area contributed by atoms with Gasteiger partial charge in [-0.15, -0.1) is 0 Å². The highest BCUT2D eigenvalue weighted by Crippen LogP contribution is 2.27. The maximum absolute atomic E-state index is 10.9. The highest BCUT2D eigenvalue weighted by Gasteiger charge is 2.24. The zero-order valence-electron chi connectivity index (χ0n) is 12.6. The van der Waals surface area contributed by atoms with E-state index >= 15 is 0 Å². The summed E-state index contributed by atoms with van der Waals surface area (Å²) >= 11 is 0. The molecule has 0 atom stereocenters. The van der Waals surface area contributed by atoms with Crippen LogP contribution >= 0.6 is 0 Å². The van der Waals surface area contributed by atoms with E-state index in [1.165, 1.54) is 37.9 Å². The summed E-state index contributed by atoms with van der Waals surface area (Å²) in [5, 5.41) is 8.97. The number of carbonyl (C=O) groups is 1. The van der Waals surface area contributed by atoms with Gasteiger partial charge >= 0.3 is 5.97 Å². The molecule has 0 unspecified atom stereocenters. The predicted octanol–water partition coefficient (Wildman–Crippen LogP) is 3.42. The van der Waals surface area contributed by atoms with Crippen LogP contribution in [-0.2, 0) is 16.8 Å². The second-order valence-corrected chi connectivity index (χ2v) is 6.49. The molecule has 1 aliphatic rings. The molecule has 1 aliphatic heterocycles. The molecule has 0 amide bonds. The molecule has 3 heteroatoms. The van der Waals surface area contributed by atoms with Gasteiger partial charge in [-0.3, -0.25) is 9.69 Å². The molecule has 1 saturated heterocycles. The van der Waals surface area contributed by atoms with Gasteiger partial charge in [0.1, 0.15) is 0 Å². The van der Waals surface area contributed by atoms with Crippen molar-refractivity contribution in [3.8, 4) is 0 Å². The number of benzene rings is 1. The van der Waals surface area contributed by atoms with Gasteiger partial charge in [-0.1, -0.05) is 44.5 Å². The van der Waals surface area contributed by atoms with E-state index < -0.39 is 5.97 Å². The minimum Gasteiger partial charge on any atom is -0.481 e. The monoisotopic (exact) mass is 275 g/mol. The first kappa shape index (κ1) is 15.0. The van der Waals surface area contributed by atoms with Gasteiger partial charge in [0.15, 0.2) is 0 Å². The van der Waals surface area contributed by atoms with Crippen molar-refractivity contribution in [3.63, 3.8) is 0 Å². The second kappa shape index (κ2) is 6.40. The fraction of sp³-hybridized carbons (Fsp3) is 0.588. The van der Waals surface area contributed by atoms with E-state index in [0.29, 0.717) is 0 Å². The first-order valence-corrected chi connectivity index (χ1v) is 7.51. The molecule has 0 aromatic heterocycles. The Morgan fingerprint density at radius 3 is 2.30 bits per heavy atom. The van der Waals surface area contributed by atoms with Crippen molar-refractivity contribution in [1.82, 2.24) is 4.90 Å². The topological polar surface area (TPSA) is 40.5 Å². The number of nitrogens with zero attached hydrogens (tertiary/aromatic N) is 1. The Labute approximate surface area is 121 Å². The molecule has 0 spiro atoms. The van der Waals surface area contributed by atoms with Gasteiger partial charge in [0.05, 0.1) is 6.42 Å². The molecular formula is C17H25NO2. The molecule has 1 aromatic carbocycles. The summed E-state index contributed by atoms with van der Waals surface area (Å²) in [5.41, 5.74) is 2.11. The van der Waals surface area contributed by atoms with Crippen molar-refractivity contribution in [2.24, 2.45) is 0 Å². The average Bonchev–Trinajstić information content (AvgIpc) is 2.39. The molecular weight excluding hydrogens is 250 g/mol. The Hall–Kier alpha value is -1.35. The third-order valence-corrected chi connectivity index (χ3v) is 4.18. The Kier molecular flexibility index (Phi) is 4.81. The molecule has 1 heterocycles. The van der Waals surface area contributed by atoms with Crippen molar-refractivity contribution in [2.75, 3.05) is 13.1 Å². The molecule has 20 heavy (non-hydrogen) atoms. The van der Waals surface area contributed by atoms with Crippen LogP contribution in [0.25, 0.3) is 0 Å². The van der Waals surface area contributed by atoms with Crippen LogP contribution in [0, 0.1) is 0 Å². The van der Waals surface area contributed by atoms with E-state index in [9.17, 15) is 4.79 Å². The SMILES string of the molecule is CC(C)(CC(=O)O)c1ccc(CN2CCCCC2)cc1. The molecule has 0 radical (unpaired) electrons. The van der Waals surface area contributed by atoms with Crippen LogP contribution in [0.1, 0.15) is 50.7 Å². The molecule has 1 N–H and O–H groups in total. The van der Waals surface area contributed by atoms with Gasteiger partial charge in [-0.05, 0) is 37.1 Å². The summed E-state index contributed by atoms with van der Waals surface area (Å²) in [5.74, 6) is -0.743. The molecule has 110 valence electrons. The van der Waals surface area contributed by atoms with E-state index in [1.54, 1.807) is 0 Å². The van der Waals surface area contributed by atoms with Crippen molar-refractivity contribution in [2.45, 2.75) is 51.5 Å². The molecule has 1 fully saturated rings. The zero-order chi connectivity index (χ0) is 14.6. The molecule has 0 aliphatic carbocycles. The number of carboxylic acids is 1. The van der Waals surface area contributed by atoms with Crippen LogP contribution < -0.4 is 0 Å². The van der Waals surface area contributed by atoms with Gasteiger partial charge in [0.2, 0.25) is 0 Å². The normalized spacial score (nSPS) is 17.1. The van der Waals surface area contributed by atoms with E-state index in [2.05, 4.69) is 29.2 Å². The van der Waals surface area contributed by atoms with E-state index in [-0.39, 0.29) is 11.8 Å². The number of hydrogen-bond acceptors (Lipinski definition) is 2. The number of hydrogen-bond donors (Lipinski definition) is 1. The van der Waals surface area contributed by atoms with Gasteiger partial charge in [0, 0.05) is 12.0 Å². The molecule has 2 rings (SSSR count). The zero-order valence-corrected chi connectivity index (χ0v) is 12.6. The van der Waals surface area contributed by atoms with Gasteiger partial charge < -0.3 is 5.11 Å². The Balaban J connectivity index is 2.00. The van der Waals surface area contributed by atoms with E-state index in [0.717, 1.165) is 12.1 Å². The van der Waals surface area contributed by atoms with E-state index in [1.807, 2.05) is 13.8 Å². The standard InChI is InChI=1S/C17H25NO2/c1-17(2,12-16(19)20)15-8-6-14(7-9-15)13-18-10-4-3-5-11-18/h6-9H,3-5,10-13H2,1-2H3,(H,19,20). The molecule has 3 nitrogen and oxygen atoms in total. The van der Waals surface area contributed by atoms with Crippen molar-refractivity contribution in [3.05, 3.63) is 35.4 Å². The van der Waals surface area contributed by atoms with Crippen LogP contribution in [0.4, 0.5) is 0 Å². The van der Waals surface area contributed by atoms with Gasteiger partial charge in [0.25, 0.3) is 0 Å². The third kappa shape index (κ3) is 4.07. The largest absolute Gasteiger partial charge is 0.481 e. The number of rotatable bonds is 5. The smallest absolute Gasteiger partial charge is 0.304 e. The Bertz CT molecular complexity index is 445. The lowest BCUT2D eigenvalue weighted by atomic mass is 9.81. The predicted molar refractivity (Wildman–Crippen MR) is 80.8 cm³/mol. The average molecular weight is 275 g/mol. The van der Waals surface area contributed by atoms with Crippen LogP contribution in [0.5, 0.6) is 0 Å². The highest BCUT2D eigenvalue weighted by molar-refractivity contribution is 5.68. The summed E-state index contributed by atoms with van der Waals surface area (Å²) in [7, 11) is 0. The Morgan fingerprint density at radius 1 is 1.15 bits per heavy atom. The summed E-state index contributed by atoms with van der Waals surface area (Å²) in [4.78, 5) is 13.4. The summed E-state index contributed by atoms with van der Waals surface area (Å²) in [6.07, 6.45) is 4.14. The summed E-state index contributed by atoms with van der Waals surface area (Å²) in [6.45, 7) is 7.39. The first-order chi connectivity index (χ1) is 9.47.